The summed E-state index contributed by atoms with van der Waals surface area (Å²) in [5.74, 6) is 1.62. The lowest BCUT2D eigenvalue weighted by molar-refractivity contribution is 0.493. The maximum Gasteiger partial charge on any atom is 0.191 e. The van der Waals surface area contributed by atoms with Gasteiger partial charge in [0.25, 0.3) is 0 Å². The van der Waals surface area contributed by atoms with Gasteiger partial charge in [-0.15, -0.1) is 0 Å². The lowest BCUT2D eigenvalue weighted by Crippen LogP contribution is -1.81. The molecule has 1 heterocycles. The van der Waals surface area contributed by atoms with E-state index in [1.54, 1.807) is 0 Å². The topological polar surface area (TPSA) is 26.0 Å². The van der Waals surface area contributed by atoms with Crippen molar-refractivity contribution in [2.45, 2.75) is 20.3 Å². The minimum absolute atomic E-state index is 0.711. The van der Waals surface area contributed by atoms with E-state index in [2.05, 4.69) is 11.9 Å². The Labute approximate surface area is 54.9 Å². The van der Waals surface area contributed by atoms with Gasteiger partial charge < -0.3 is 4.42 Å². The number of aromatic nitrogens is 1. The number of hydrogen-bond acceptors (Lipinski definition) is 2. The van der Waals surface area contributed by atoms with Gasteiger partial charge in [-0.05, 0) is 20.3 Å². The first kappa shape index (κ1) is 6.33. The monoisotopic (exact) mass is 124 g/mol. The quantitative estimate of drug-likeness (QED) is 0.569. The van der Waals surface area contributed by atoms with Crippen molar-refractivity contribution in [1.29, 1.82) is 0 Å². The fourth-order valence-corrected chi connectivity index (χ4v) is 0.804. The molecule has 0 aliphatic rings. The molecule has 0 atom stereocenters. The van der Waals surface area contributed by atoms with Crippen LogP contribution in [-0.2, 0) is 6.42 Å². The van der Waals surface area contributed by atoms with Crippen molar-refractivity contribution in [3.05, 3.63) is 24.3 Å². The van der Waals surface area contributed by atoms with Crippen molar-refractivity contribution in [3.63, 3.8) is 0 Å². The second-order valence-corrected chi connectivity index (χ2v) is 1.99. The first-order valence-corrected chi connectivity index (χ1v) is 2.96. The average molecular weight is 124 g/mol. The lowest BCUT2D eigenvalue weighted by Gasteiger charge is -1.83. The van der Waals surface area contributed by atoms with E-state index >= 15 is 0 Å². The molecule has 0 aromatic carbocycles. The molecule has 1 aromatic rings. The van der Waals surface area contributed by atoms with Crippen molar-refractivity contribution >= 4 is 0 Å². The molecule has 1 radical (unpaired) electrons. The summed E-state index contributed by atoms with van der Waals surface area (Å²) in [6, 6.07) is 0. The standard InChI is InChI=1S/C7H10NO/c1-4-7-5(2)9-6(3)8-7/h1,4H2,2-3H3. The van der Waals surface area contributed by atoms with Gasteiger partial charge in [0.15, 0.2) is 5.89 Å². The predicted molar refractivity (Wildman–Crippen MR) is 35.0 cm³/mol. The minimum Gasteiger partial charge on any atom is -0.446 e. The summed E-state index contributed by atoms with van der Waals surface area (Å²) in [6.07, 6.45) is 0.711. The highest BCUT2D eigenvalue weighted by molar-refractivity contribution is 5.07. The molecule has 0 saturated carbocycles. The second-order valence-electron chi connectivity index (χ2n) is 1.99. The van der Waals surface area contributed by atoms with Gasteiger partial charge >= 0.3 is 0 Å². The van der Waals surface area contributed by atoms with Crippen LogP contribution in [0.1, 0.15) is 17.3 Å². The normalized spacial score (nSPS) is 10.1. The van der Waals surface area contributed by atoms with Crippen LogP contribution in [0.15, 0.2) is 4.42 Å². The smallest absolute Gasteiger partial charge is 0.191 e. The van der Waals surface area contributed by atoms with Crippen molar-refractivity contribution in [2.24, 2.45) is 0 Å². The third kappa shape index (κ3) is 1.12. The Bertz CT molecular complexity index is 203. The van der Waals surface area contributed by atoms with Gasteiger partial charge in [-0.1, -0.05) is 0 Å². The summed E-state index contributed by atoms with van der Waals surface area (Å²) in [5, 5.41) is 0. The molecule has 1 rings (SSSR count). The van der Waals surface area contributed by atoms with Crippen LogP contribution in [0.3, 0.4) is 0 Å². The van der Waals surface area contributed by atoms with Crippen LogP contribution in [-0.4, -0.2) is 4.98 Å². The van der Waals surface area contributed by atoms with E-state index in [0.717, 1.165) is 17.3 Å². The third-order valence-electron chi connectivity index (χ3n) is 1.24. The summed E-state index contributed by atoms with van der Waals surface area (Å²) in [7, 11) is 0. The molecule has 0 unspecified atom stereocenters. The molecule has 0 N–H and O–H groups in total. The molecule has 0 spiro atoms. The molecule has 2 heteroatoms. The largest absolute Gasteiger partial charge is 0.446 e. The highest BCUT2D eigenvalue weighted by atomic mass is 16.4. The van der Waals surface area contributed by atoms with E-state index in [9.17, 15) is 0 Å². The van der Waals surface area contributed by atoms with Gasteiger partial charge in [0.1, 0.15) is 5.76 Å². The molecule has 9 heavy (non-hydrogen) atoms. The molecular formula is C7H10NO. The van der Waals surface area contributed by atoms with E-state index in [-0.39, 0.29) is 0 Å². The summed E-state index contributed by atoms with van der Waals surface area (Å²) in [4.78, 5) is 4.10. The third-order valence-corrected chi connectivity index (χ3v) is 1.24. The maximum atomic E-state index is 5.15. The fraction of sp³-hybridized carbons (Fsp3) is 0.429. The molecule has 0 aliphatic carbocycles. The summed E-state index contributed by atoms with van der Waals surface area (Å²) in [5.41, 5.74) is 0.965. The molecule has 0 fully saturated rings. The summed E-state index contributed by atoms with van der Waals surface area (Å²) in [6.45, 7) is 7.45. The lowest BCUT2D eigenvalue weighted by atomic mass is 10.3. The second kappa shape index (κ2) is 2.21. The van der Waals surface area contributed by atoms with Crippen LogP contribution >= 0.6 is 0 Å². The molecular weight excluding hydrogens is 114 g/mol. The Kier molecular flexibility index (Phi) is 1.56. The summed E-state index contributed by atoms with van der Waals surface area (Å²) < 4.78 is 5.15. The van der Waals surface area contributed by atoms with Crippen molar-refractivity contribution in [1.82, 2.24) is 4.98 Å². The first-order chi connectivity index (χ1) is 4.24. The highest BCUT2D eigenvalue weighted by Crippen LogP contribution is 2.08. The fourth-order valence-electron chi connectivity index (χ4n) is 0.804. The van der Waals surface area contributed by atoms with Crippen molar-refractivity contribution < 1.29 is 4.42 Å². The molecule has 0 aliphatic heterocycles. The Hall–Kier alpha value is -0.790. The van der Waals surface area contributed by atoms with Gasteiger partial charge in [0, 0.05) is 6.92 Å². The van der Waals surface area contributed by atoms with Crippen LogP contribution in [0.5, 0.6) is 0 Å². The Morgan fingerprint density at radius 3 is 2.44 bits per heavy atom. The molecule has 2 nitrogen and oxygen atoms in total. The molecule has 0 bridgehead atoms. The minimum atomic E-state index is 0.711. The van der Waals surface area contributed by atoms with Crippen molar-refractivity contribution in [3.8, 4) is 0 Å². The van der Waals surface area contributed by atoms with Crippen LogP contribution < -0.4 is 0 Å². The van der Waals surface area contributed by atoms with Crippen molar-refractivity contribution in [2.75, 3.05) is 0 Å². The van der Waals surface area contributed by atoms with E-state index in [4.69, 9.17) is 4.42 Å². The van der Waals surface area contributed by atoms with E-state index < -0.39 is 0 Å². The zero-order valence-electron chi connectivity index (χ0n) is 5.77. The Morgan fingerprint density at radius 2 is 2.22 bits per heavy atom. The van der Waals surface area contributed by atoms with Gasteiger partial charge in [-0.2, -0.15) is 0 Å². The number of nitrogens with zero attached hydrogens (tertiary/aromatic N) is 1. The molecule has 1 aromatic heterocycles. The Balaban J connectivity index is 3.01. The molecule has 49 valence electrons. The SMILES string of the molecule is [CH2]Cc1nc(C)oc1C. The highest BCUT2D eigenvalue weighted by Gasteiger charge is 2.01. The predicted octanol–water partition coefficient (Wildman–Crippen LogP) is 1.67. The first-order valence-electron chi connectivity index (χ1n) is 2.96. The van der Waals surface area contributed by atoms with E-state index in [1.807, 2.05) is 13.8 Å². The van der Waals surface area contributed by atoms with Crippen LogP contribution in [0.2, 0.25) is 0 Å². The molecule has 0 saturated heterocycles. The van der Waals surface area contributed by atoms with Gasteiger partial charge in [0.2, 0.25) is 0 Å². The zero-order chi connectivity index (χ0) is 6.85. The van der Waals surface area contributed by atoms with Gasteiger partial charge in [-0.25, -0.2) is 4.98 Å². The zero-order valence-corrected chi connectivity index (χ0v) is 5.77. The van der Waals surface area contributed by atoms with E-state index in [1.165, 1.54) is 0 Å². The molecule has 0 amide bonds. The maximum absolute atomic E-state index is 5.15. The summed E-state index contributed by atoms with van der Waals surface area (Å²) >= 11 is 0. The number of hydrogen-bond donors (Lipinski definition) is 0. The number of rotatable bonds is 1. The van der Waals surface area contributed by atoms with Gasteiger partial charge in [-0.3, -0.25) is 0 Å². The van der Waals surface area contributed by atoms with E-state index in [0.29, 0.717) is 6.42 Å². The number of aryl methyl sites for hydroxylation is 2. The van der Waals surface area contributed by atoms with Gasteiger partial charge in [0.05, 0.1) is 5.69 Å². The Morgan fingerprint density at radius 1 is 1.56 bits per heavy atom. The van der Waals surface area contributed by atoms with Crippen LogP contribution in [0.25, 0.3) is 0 Å². The average Bonchev–Trinajstić information content (AvgIpc) is 2.10. The van der Waals surface area contributed by atoms with Crippen LogP contribution in [0, 0.1) is 20.8 Å². The number of oxazole rings is 1. The van der Waals surface area contributed by atoms with Crippen LogP contribution in [0.4, 0.5) is 0 Å².